The van der Waals surface area contributed by atoms with E-state index in [1.807, 2.05) is 12.1 Å². The van der Waals surface area contributed by atoms with Crippen molar-refractivity contribution in [2.45, 2.75) is 24.7 Å². The highest BCUT2D eigenvalue weighted by Crippen LogP contribution is 2.30. The molecule has 0 spiro atoms. The molecule has 0 atom stereocenters. The Morgan fingerprint density at radius 2 is 2.29 bits per heavy atom. The number of aromatic nitrogens is 1. The third-order valence-corrected chi connectivity index (χ3v) is 3.13. The molecule has 0 aromatic carbocycles. The van der Waals surface area contributed by atoms with Gasteiger partial charge in [0.15, 0.2) is 0 Å². The highest BCUT2D eigenvalue weighted by atomic mass is 32.2. The summed E-state index contributed by atoms with van der Waals surface area (Å²) >= 11 is 1.54. The van der Waals surface area contributed by atoms with Crippen molar-refractivity contribution < 1.29 is 4.79 Å². The van der Waals surface area contributed by atoms with Gasteiger partial charge >= 0.3 is 0 Å². The van der Waals surface area contributed by atoms with E-state index in [0.717, 1.165) is 16.4 Å². The van der Waals surface area contributed by atoms with Crippen LogP contribution in [0.4, 0.5) is 5.82 Å². The Morgan fingerprint density at radius 1 is 1.50 bits per heavy atom. The number of anilines is 1. The van der Waals surface area contributed by atoms with Gasteiger partial charge in [-0.05, 0) is 18.1 Å². The van der Waals surface area contributed by atoms with Crippen molar-refractivity contribution in [2.24, 2.45) is 0 Å². The lowest BCUT2D eigenvalue weighted by Crippen LogP contribution is -2.20. The van der Waals surface area contributed by atoms with Gasteiger partial charge in [-0.1, -0.05) is 13.8 Å². The van der Waals surface area contributed by atoms with Crippen LogP contribution in [0.1, 0.15) is 25.5 Å². The van der Waals surface area contributed by atoms with Crippen LogP contribution in [-0.4, -0.2) is 16.6 Å². The molecule has 2 rings (SSSR count). The lowest BCUT2D eigenvalue weighted by molar-refractivity contribution is -0.113. The predicted molar refractivity (Wildman–Crippen MR) is 57.7 cm³/mol. The molecule has 0 saturated carbocycles. The van der Waals surface area contributed by atoms with Gasteiger partial charge in [-0.25, -0.2) is 4.98 Å². The smallest absolute Gasteiger partial charge is 0.235 e. The zero-order valence-electron chi connectivity index (χ0n) is 8.20. The van der Waals surface area contributed by atoms with Crippen molar-refractivity contribution in [3.05, 3.63) is 17.8 Å². The second kappa shape index (κ2) is 3.61. The van der Waals surface area contributed by atoms with E-state index >= 15 is 0 Å². The quantitative estimate of drug-likeness (QED) is 0.769. The van der Waals surface area contributed by atoms with Gasteiger partial charge in [-0.2, -0.15) is 0 Å². The Bertz CT molecular complexity index is 376. The first-order chi connectivity index (χ1) is 6.66. The summed E-state index contributed by atoms with van der Waals surface area (Å²) in [6.07, 6.45) is 0. The number of carbonyl (C=O) groups excluding carboxylic acids is 1. The molecular formula is C10H12N2OS. The van der Waals surface area contributed by atoms with Gasteiger partial charge in [0.05, 0.1) is 10.6 Å². The first-order valence-electron chi connectivity index (χ1n) is 4.60. The summed E-state index contributed by atoms with van der Waals surface area (Å²) in [5.41, 5.74) is 1.02. The van der Waals surface area contributed by atoms with Crippen LogP contribution >= 0.6 is 11.8 Å². The zero-order chi connectivity index (χ0) is 10.1. The van der Waals surface area contributed by atoms with E-state index in [9.17, 15) is 4.79 Å². The second-order valence-corrected chi connectivity index (χ2v) is 4.59. The number of fused-ring (bicyclic) bond motifs is 1. The highest BCUT2D eigenvalue weighted by Gasteiger charge is 2.17. The number of amides is 1. The molecule has 1 N–H and O–H groups in total. The van der Waals surface area contributed by atoms with E-state index in [-0.39, 0.29) is 5.91 Å². The first-order valence-corrected chi connectivity index (χ1v) is 5.59. The number of rotatable bonds is 1. The molecule has 1 aliphatic rings. The molecule has 1 aromatic rings. The normalized spacial score (nSPS) is 15.2. The van der Waals surface area contributed by atoms with Crippen molar-refractivity contribution in [1.82, 2.24) is 4.98 Å². The van der Waals surface area contributed by atoms with Crippen molar-refractivity contribution >= 4 is 23.5 Å². The topological polar surface area (TPSA) is 42.0 Å². The predicted octanol–water partition coefficient (Wildman–Crippen LogP) is 2.25. The molecule has 0 unspecified atom stereocenters. The first kappa shape index (κ1) is 9.52. The van der Waals surface area contributed by atoms with E-state index in [2.05, 4.69) is 24.1 Å². The van der Waals surface area contributed by atoms with Gasteiger partial charge in [0.1, 0.15) is 5.82 Å². The largest absolute Gasteiger partial charge is 0.309 e. The van der Waals surface area contributed by atoms with Gasteiger partial charge in [-0.3, -0.25) is 4.79 Å². The molecule has 74 valence electrons. The van der Waals surface area contributed by atoms with Crippen molar-refractivity contribution in [3.8, 4) is 0 Å². The summed E-state index contributed by atoms with van der Waals surface area (Å²) in [5.74, 6) is 1.65. The van der Waals surface area contributed by atoms with Crippen LogP contribution in [0.5, 0.6) is 0 Å². The van der Waals surface area contributed by atoms with Gasteiger partial charge in [0.2, 0.25) is 5.91 Å². The molecule has 1 aliphatic heterocycles. The van der Waals surface area contributed by atoms with Crippen LogP contribution in [0.25, 0.3) is 0 Å². The maximum Gasteiger partial charge on any atom is 0.235 e. The molecule has 1 aromatic heterocycles. The number of hydrogen-bond donors (Lipinski definition) is 1. The van der Waals surface area contributed by atoms with Gasteiger partial charge in [0, 0.05) is 5.69 Å². The SMILES string of the molecule is CC(C)c1ccc2c(n1)NC(=O)CS2. The summed E-state index contributed by atoms with van der Waals surface area (Å²) in [6, 6.07) is 4.05. The number of hydrogen-bond acceptors (Lipinski definition) is 3. The monoisotopic (exact) mass is 208 g/mol. The molecule has 0 aliphatic carbocycles. The molecule has 0 fully saturated rings. The molecule has 0 bridgehead atoms. The Hall–Kier alpha value is -1.03. The summed E-state index contributed by atoms with van der Waals surface area (Å²) in [6.45, 7) is 4.18. The average molecular weight is 208 g/mol. The van der Waals surface area contributed by atoms with Crippen LogP contribution < -0.4 is 5.32 Å². The van der Waals surface area contributed by atoms with Gasteiger partial charge < -0.3 is 5.32 Å². The Morgan fingerprint density at radius 3 is 3.00 bits per heavy atom. The highest BCUT2D eigenvalue weighted by molar-refractivity contribution is 8.00. The fraction of sp³-hybridized carbons (Fsp3) is 0.400. The third kappa shape index (κ3) is 1.75. The Balaban J connectivity index is 2.37. The number of nitrogens with one attached hydrogen (secondary N) is 1. The number of thioether (sulfide) groups is 1. The Labute approximate surface area is 87.3 Å². The molecule has 4 heteroatoms. The zero-order valence-corrected chi connectivity index (χ0v) is 9.02. The minimum atomic E-state index is 0.0379. The lowest BCUT2D eigenvalue weighted by atomic mass is 10.1. The van der Waals surface area contributed by atoms with E-state index in [4.69, 9.17) is 0 Å². The fourth-order valence-electron chi connectivity index (χ4n) is 1.30. The molecular weight excluding hydrogens is 196 g/mol. The number of nitrogens with zero attached hydrogens (tertiary/aromatic N) is 1. The van der Waals surface area contributed by atoms with Gasteiger partial charge in [-0.15, -0.1) is 11.8 Å². The van der Waals surface area contributed by atoms with E-state index in [1.54, 1.807) is 11.8 Å². The summed E-state index contributed by atoms with van der Waals surface area (Å²) in [4.78, 5) is 16.6. The number of pyridine rings is 1. The molecule has 3 nitrogen and oxygen atoms in total. The lowest BCUT2D eigenvalue weighted by Gasteiger charge is -2.16. The number of carbonyl (C=O) groups is 1. The summed E-state index contributed by atoms with van der Waals surface area (Å²) < 4.78 is 0. The van der Waals surface area contributed by atoms with Crippen LogP contribution in [0.3, 0.4) is 0 Å². The third-order valence-electron chi connectivity index (χ3n) is 2.09. The van der Waals surface area contributed by atoms with E-state index in [1.165, 1.54) is 0 Å². The van der Waals surface area contributed by atoms with E-state index in [0.29, 0.717) is 11.7 Å². The summed E-state index contributed by atoms with van der Waals surface area (Å²) in [7, 11) is 0. The van der Waals surface area contributed by atoms with Crippen molar-refractivity contribution in [1.29, 1.82) is 0 Å². The van der Waals surface area contributed by atoms with Gasteiger partial charge in [0.25, 0.3) is 0 Å². The van der Waals surface area contributed by atoms with Crippen LogP contribution in [0.15, 0.2) is 17.0 Å². The maximum atomic E-state index is 11.1. The molecule has 1 amide bonds. The molecule has 2 heterocycles. The second-order valence-electron chi connectivity index (χ2n) is 3.57. The Kier molecular flexibility index (Phi) is 2.46. The minimum Gasteiger partial charge on any atom is -0.309 e. The molecule has 14 heavy (non-hydrogen) atoms. The standard InChI is InChI=1S/C10H12N2OS/c1-6(2)7-3-4-8-10(11-7)12-9(13)5-14-8/h3-4,6H,5H2,1-2H3,(H,11,12,13). The fourth-order valence-corrected chi connectivity index (χ4v) is 2.06. The van der Waals surface area contributed by atoms with E-state index < -0.39 is 0 Å². The van der Waals surface area contributed by atoms with Crippen LogP contribution in [0, 0.1) is 0 Å². The maximum absolute atomic E-state index is 11.1. The summed E-state index contributed by atoms with van der Waals surface area (Å²) in [5, 5.41) is 2.78. The van der Waals surface area contributed by atoms with Crippen LogP contribution in [-0.2, 0) is 4.79 Å². The average Bonchev–Trinajstić information content (AvgIpc) is 2.16. The van der Waals surface area contributed by atoms with Crippen LogP contribution in [0.2, 0.25) is 0 Å². The minimum absolute atomic E-state index is 0.0379. The molecule has 0 saturated heterocycles. The molecule has 0 radical (unpaired) electrons. The van der Waals surface area contributed by atoms with Crippen molar-refractivity contribution in [3.63, 3.8) is 0 Å². The van der Waals surface area contributed by atoms with Crippen molar-refractivity contribution in [2.75, 3.05) is 11.1 Å².